The van der Waals surface area contributed by atoms with Gasteiger partial charge < -0.3 is 10.1 Å². The van der Waals surface area contributed by atoms with Crippen LogP contribution in [0.2, 0.25) is 0 Å². The number of carbonyl (C=O) groups is 2. The van der Waals surface area contributed by atoms with Crippen molar-refractivity contribution in [2.24, 2.45) is 5.92 Å². The normalized spacial score (nSPS) is 26.4. The third kappa shape index (κ3) is 2.75. The lowest BCUT2D eigenvalue weighted by molar-refractivity contribution is -0.121. The van der Waals surface area contributed by atoms with Crippen molar-refractivity contribution in [3.8, 4) is 0 Å². The van der Waals surface area contributed by atoms with Crippen molar-refractivity contribution in [2.75, 3.05) is 5.32 Å². The molecule has 0 amide bonds. The number of anilines is 1. The fourth-order valence-electron chi connectivity index (χ4n) is 3.90. The molecule has 3 unspecified atom stereocenters. The van der Waals surface area contributed by atoms with Gasteiger partial charge in [0.25, 0.3) is 0 Å². The highest BCUT2D eigenvalue weighted by molar-refractivity contribution is 9.11. The first-order valence-electron chi connectivity index (χ1n) is 8.36. The van der Waals surface area contributed by atoms with Crippen LogP contribution in [0.15, 0.2) is 51.4 Å². The summed E-state index contributed by atoms with van der Waals surface area (Å²) in [6.07, 6.45) is -0.418. The minimum atomic E-state index is -0.616. The molecule has 1 heterocycles. The lowest BCUT2D eigenvalue weighted by Gasteiger charge is -2.31. The molecule has 0 bridgehead atoms. The van der Waals surface area contributed by atoms with Gasteiger partial charge in [0, 0.05) is 20.2 Å². The maximum Gasteiger partial charge on any atom is 0.229 e. The molecule has 4 rings (SSSR count). The van der Waals surface area contributed by atoms with Gasteiger partial charge in [-0.05, 0) is 53.5 Å². The van der Waals surface area contributed by atoms with Crippen molar-refractivity contribution in [1.29, 1.82) is 0 Å². The molecule has 1 aliphatic heterocycles. The van der Waals surface area contributed by atoms with E-state index in [9.17, 15) is 9.59 Å². The zero-order chi connectivity index (χ0) is 18.6. The van der Waals surface area contributed by atoms with Gasteiger partial charge in [-0.1, -0.05) is 40.2 Å². The van der Waals surface area contributed by atoms with E-state index >= 15 is 0 Å². The molecule has 0 radical (unpaired) electrons. The van der Waals surface area contributed by atoms with E-state index in [1.807, 2.05) is 44.2 Å². The molecule has 3 atom stereocenters. The molecular formula is C20H17Br2NO3. The Labute approximate surface area is 168 Å². The van der Waals surface area contributed by atoms with Crippen LogP contribution >= 0.6 is 31.9 Å². The second kappa shape index (κ2) is 6.29. The lowest BCUT2D eigenvalue weighted by Crippen LogP contribution is -2.46. The molecule has 134 valence electrons. The first-order chi connectivity index (χ1) is 12.3. The number of ether oxygens (including phenoxy) is 1. The molecule has 0 spiro atoms. The maximum absolute atomic E-state index is 12.9. The average molecular weight is 479 g/mol. The Balaban J connectivity index is 1.77. The highest BCUT2D eigenvalue weighted by atomic mass is 79.9. The van der Waals surface area contributed by atoms with Crippen LogP contribution in [0.4, 0.5) is 5.69 Å². The predicted molar refractivity (Wildman–Crippen MR) is 106 cm³/mol. The Kier molecular flexibility index (Phi) is 4.33. The van der Waals surface area contributed by atoms with Gasteiger partial charge in [0.1, 0.15) is 0 Å². The molecule has 0 aromatic heterocycles. The first kappa shape index (κ1) is 17.9. The van der Waals surface area contributed by atoms with Crippen LogP contribution < -0.4 is 5.32 Å². The minimum Gasteiger partial charge on any atom is -0.378 e. The summed E-state index contributed by atoms with van der Waals surface area (Å²) < 4.78 is 8.11. The second-order valence-electron chi connectivity index (χ2n) is 7.19. The van der Waals surface area contributed by atoms with Crippen molar-refractivity contribution in [1.82, 2.24) is 0 Å². The van der Waals surface area contributed by atoms with E-state index in [2.05, 4.69) is 37.2 Å². The van der Waals surface area contributed by atoms with Crippen LogP contribution in [0, 0.1) is 5.92 Å². The molecule has 0 saturated carbocycles. The highest BCUT2D eigenvalue weighted by Crippen LogP contribution is 2.49. The number of rotatable bonds is 2. The third-order valence-corrected chi connectivity index (χ3v) is 6.29. The van der Waals surface area contributed by atoms with Gasteiger partial charge >= 0.3 is 0 Å². The fourth-order valence-corrected chi connectivity index (χ4v) is 5.06. The van der Waals surface area contributed by atoms with E-state index in [1.54, 1.807) is 12.1 Å². The SMILES string of the molecule is CC1(C)OC2c3ccccc3C(=O)C(=O)C2C1Nc1ccc(Br)cc1Br. The van der Waals surface area contributed by atoms with Gasteiger partial charge in [-0.15, -0.1) is 0 Å². The summed E-state index contributed by atoms with van der Waals surface area (Å²) in [5.74, 6) is -1.36. The highest BCUT2D eigenvalue weighted by Gasteiger charge is 2.57. The van der Waals surface area contributed by atoms with Gasteiger partial charge in [0.15, 0.2) is 0 Å². The molecule has 2 aliphatic rings. The Morgan fingerprint density at radius 1 is 1.08 bits per heavy atom. The monoisotopic (exact) mass is 477 g/mol. The van der Waals surface area contributed by atoms with Gasteiger partial charge in [-0.25, -0.2) is 0 Å². The van der Waals surface area contributed by atoms with Gasteiger partial charge in [0.2, 0.25) is 11.6 Å². The summed E-state index contributed by atoms with van der Waals surface area (Å²) in [5, 5.41) is 3.44. The summed E-state index contributed by atoms with van der Waals surface area (Å²) in [6.45, 7) is 3.91. The Hall–Kier alpha value is -1.50. The number of hydrogen-bond donors (Lipinski definition) is 1. The van der Waals surface area contributed by atoms with Crippen LogP contribution in [-0.4, -0.2) is 23.2 Å². The van der Waals surface area contributed by atoms with Crippen molar-refractivity contribution < 1.29 is 14.3 Å². The van der Waals surface area contributed by atoms with E-state index in [0.29, 0.717) is 5.56 Å². The Bertz CT molecular complexity index is 925. The van der Waals surface area contributed by atoms with Crippen LogP contribution in [0.5, 0.6) is 0 Å². The predicted octanol–water partition coefficient (Wildman–Crippen LogP) is 4.92. The standard InChI is InChI=1S/C20H17Br2NO3/c1-20(2)19(23-14-8-7-10(21)9-13(14)22)15-17(25)16(24)11-5-3-4-6-12(11)18(15)26-20/h3-9,15,18-19,23H,1-2H3. The summed E-state index contributed by atoms with van der Waals surface area (Å²) in [6, 6.07) is 12.7. The van der Waals surface area contributed by atoms with Gasteiger partial charge in [0.05, 0.1) is 23.7 Å². The summed E-state index contributed by atoms with van der Waals surface area (Å²) in [7, 11) is 0. The quantitative estimate of drug-likeness (QED) is 0.622. The second-order valence-corrected chi connectivity index (χ2v) is 8.96. The number of ketones is 2. The minimum absolute atomic E-state index is 0.324. The zero-order valence-electron chi connectivity index (χ0n) is 14.3. The third-order valence-electron chi connectivity index (χ3n) is 5.15. The molecule has 1 fully saturated rings. The van der Waals surface area contributed by atoms with E-state index in [-0.39, 0.29) is 11.8 Å². The number of nitrogens with one attached hydrogen (secondary N) is 1. The number of fused-ring (bicyclic) bond motifs is 3. The summed E-state index contributed by atoms with van der Waals surface area (Å²) in [5.41, 5.74) is 1.50. The van der Waals surface area contributed by atoms with Crippen LogP contribution in [0.3, 0.4) is 0 Å². The first-order valence-corrected chi connectivity index (χ1v) is 9.95. The largest absolute Gasteiger partial charge is 0.378 e. The average Bonchev–Trinajstić information content (AvgIpc) is 2.86. The smallest absolute Gasteiger partial charge is 0.229 e. The Morgan fingerprint density at radius 2 is 1.81 bits per heavy atom. The molecule has 1 aliphatic carbocycles. The van der Waals surface area contributed by atoms with E-state index in [4.69, 9.17) is 4.74 Å². The molecule has 2 aromatic carbocycles. The maximum atomic E-state index is 12.9. The molecule has 1 N–H and O–H groups in total. The van der Waals surface area contributed by atoms with Crippen molar-refractivity contribution in [3.63, 3.8) is 0 Å². The van der Waals surface area contributed by atoms with E-state index < -0.39 is 23.4 Å². The van der Waals surface area contributed by atoms with E-state index in [0.717, 1.165) is 20.2 Å². The number of Topliss-reactive ketones (excluding diaryl/α,β-unsaturated/α-hetero) is 2. The summed E-state index contributed by atoms with van der Waals surface area (Å²) >= 11 is 6.99. The van der Waals surface area contributed by atoms with Crippen LogP contribution in [-0.2, 0) is 9.53 Å². The summed E-state index contributed by atoms with van der Waals surface area (Å²) in [4.78, 5) is 25.5. The molecule has 4 nitrogen and oxygen atoms in total. The number of halogens is 2. The van der Waals surface area contributed by atoms with Crippen LogP contribution in [0.25, 0.3) is 0 Å². The van der Waals surface area contributed by atoms with E-state index in [1.165, 1.54) is 0 Å². The Morgan fingerprint density at radius 3 is 2.54 bits per heavy atom. The lowest BCUT2D eigenvalue weighted by atomic mass is 9.75. The topological polar surface area (TPSA) is 55.4 Å². The number of benzene rings is 2. The van der Waals surface area contributed by atoms with Crippen molar-refractivity contribution in [3.05, 3.63) is 62.5 Å². The van der Waals surface area contributed by atoms with Crippen molar-refractivity contribution in [2.45, 2.75) is 31.6 Å². The molecule has 2 aromatic rings. The molecular weight excluding hydrogens is 462 g/mol. The molecule has 6 heteroatoms. The number of carbonyl (C=O) groups excluding carboxylic acids is 2. The fraction of sp³-hybridized carbons (Fsp3) is 0.300. The van der Waals surface area contributed by atoms with Crippen LogP contribution in [0.1, 0.15) is 35.9 Å². The van der Waals surface area contributed by atoms with Gasteiger partial charge in [-0.3, -0.25) is 9.59 Å². The molecule has 1 saturated heterocycles. The number of hydrogen-bond acceptors (Lipinski definition) is 4. The zero-order valence-corrected chi connectivity index (χ0v) is 17.4. The van der Waals surface area contributed by atoms with Crippen molar-refractivity contribution >= 4 is 49.1 Å². The molecule has 26 heavy (non-hydrogen) atoms. The van der Waals surface area contributed by atoms with Gasteiger partial charge in [-0.2, -0.15) is 0 Å².